The molecule has 0 radical (unpaired) electrons. The average Bonchev–Trinajstić information content (AvgIpc) is 3.46. The molecule has 1 saturated heterocycles. The summed E-state index contributed by atoms with van der Waals surface area (Å²) in [6.07, 6.45) is 4.85. The smallest absolute Gasteiger partial charge is 0.160 e. The molecule has 3 heterocycles. The average molecular weight is 477 g/mol. The SMILES string of the molecule is Nc1cc(-n2nc(Nc3ccc4c(cnn4C4CCCCO4)c3Cl)c3ccccc32)ccc1F. The largest absolute Gasteiger partial charge is 0.396 e. The summed E-state index contributed by atoms with van der Waals surface area (Å²) in [4.78, 5) is 0. The summed E-state index contributed by atoms with van der Waals surface area (Å²) in [6.45, 7) is 0.745. The maximum Gasteiger partial charge on any atom is 0.160 e. The van der Waals surface area contributed by atoms with E-state index < -0.39 is 5.82 Å². The molecule has 9 heteroatoms. The van der Waals surface area contributed by atoms with Gasteiger partial charge in [0.05, 0.1) is 39.3 Å². The van der Waals surface area contributed by atoms with Crippen molar-refractivity contribution in [2.24, 2.45) is 0 Å². The standard InChI is InChI=1S/C25H22ClFN6O/c26-24-17-14-29-33(23-7-3-4-12-34-23)22(17)11-10-20(24)30-25-16-5-1-2-6-21(16)32(31-25)15-8-9-18(27)19(28)13-15/h1-2,5-6,8-11,13-14,23H,3-4,7,12,28H2,(H,30,31). The van der Waals surface area contributed by atoms with Crippen molar-refractivity contribution in [3.8, 4) is 5.69 Å². The Kier molecular flexibility index (Phi) is 5.12. The zero-order chi connectivity index (χ0) is 23.2. The van der Waals surface area contributed by atoms with E-state index in [0.717, 1.165) is 47.7 Å². The van der Waals surface area contributed by atoms with E-state index in [-0.39, 0.29) is 11.9 Å². The van der Waals surface area contributed by atoms with Crippen LogP contribution in [-0.2, 0) is 4.74 Å². The maximum absolute atomic E-state index is 13.7. The van der Waals surface area contributed by atoms with Crippen LogP contribution in [0.15, 0.2) is 60.8 Å². The van der Waals surface area contributed by atoms with Crippen molar-refractivity contribution in [2.75, 3.05) is 17.7 Å². The van der Waals surface area contributed by atoms with Gasteiger partial charge in [-0.25, -0.2) is 13.8 Å². The number of nitrogens with two attached hydrogens (primary N) is 1. The van der Waals surface area contributed by atoms with E-state index >= 15 is 0 Å². The van der Waals surface area contributed by atoms with Crippen molar-refractivity contribution in [2.45, 2.75) is 25.5 Å². The molecule has 1 aliphatic rings. The molecule has 1 aliphatic heterocycles. The third-order valence-corrected chi connectivity index (χ3v) is 6.62. The number of nitrogen functional groups attached to an aromatic ring is 1. The van der Waals surface area contributed by atoms with Crippen LogP contribution >= 0.6 is 11.6 Å². The van der Waals surface area contributed by atoms with E-state index in [1.54, 1.807) is 23.0 Å². The molecule has 0 amide bonds. The van der Waals surface area contributed by atoms with Crippen molar-refractivity contribution in [1.82, 2.24) is 19.6 Å². The Morgan fingerprint density at radius 2 is 1.94 bits per heavy atom. The van der Waals surface area contributed by atoms with Gasteiger partial charge in [0.1, 0.15) is 5.82 Å². The molecule has 3 aromatic carbocycles. The van der Waals surface area contributed by atoms with Crippen LogP contribution in [-0.4, -0.2) is 26.2 Å². The van der Waals surface area contributed by atoms with E-state index in [9.17, 15) is 4.39 Å². The zero-order valence-corrected chi connectivity index (χ0v) is 19.0. The summed E-state index contributed by atoms with van der Waals surface area (Å²) >= 11 is 6.81. The van der Waals surface area contributed by atoms with Crippen LogP contribution in [0.3, 0.4) is 0 Å². The summed E-state index contributed by atoms with van der Waals surface area (Å²) in [6, 6.07) is 16.3. The minimum Gasteiger partial charge on any atom is -0.396 e. The number of anilines is 3. The highest BCUT2D eigenvalue weighted by atomic mass is 35.5. The number of nitrogens with zero attached hydrogens (tertiary/aromatic N) is 4. The molecule has 1 fully saturated rings. The van der Waals surface area contributed by atoms with Crippen LogP contribution in [0.1, 0.15) is 25.5 Å². The molecule has 172 valence electrons. The van der Waals surface area contributed by atoms with Gasteiger partial charge in [0.15, 0.2) is 12.0 Å². The number of nitrogens with one attached hydrogen (secondary N) is 1. The molecule has 3 N–H and O–H groups in total. The minimum absolute atomic E-state index is 0.0658. The molecule has 5 aromatic rings. The lowest BCUT2D eigenvalue weighted by molar-refractivity contribution is -0.0366. The summed E-state index contributed by atoms with van der Waals surface area (Å²) < 4.78 is 23.3. The van der Waals surface area contributed by atoms with Crippen molar-refractivity contribution in [3.05, 3.63) is 71.6 Å². The normalized spacial score (nSPS) is 16.4. The van der Waals surface area contributed by atoms with Gasteiger partial charge < -0.3 is 15.8 Å². The van der Waals surface area contributed by atoms with Gasteiger partial charge in [-0.05, 0) is 61.7 Å². The summed E-state index contributed by atoms with van der Waals surface area (Å²) in [7, 11) is 0. The molecule has 7 nitrogen and oxygen atoms in total. The maximum atomic E-state index is 13.7. The molecule has 0 aliphatic carbocycles. The van der Waals surface area contributed by atoms with Crippen molar-refractivity contribution in [3.63, 3.8) is 0 Å². The van der Waals surface area contributed by atoms with Gasteiger partial charge in [0, 0.05) is 17.4 Å². The first-order valence-electron chi connectivity index (χ1n) is 11.2. The fourth-order valence-electron chi connectivity index (χ4n) is 4.48. The van der Waals surface area contributed by atoms with Gasteiger partial charge >= 0.3 is 0 Å². The number of rotatable bonds is 4. The molecule has 0 spiro atoms. The highest BCUT2D eigenvalue weighted by molar-refractivity contribution is 6.38. The zero-order valence-electron chi connectivity index (χ0n) is 18.2. The van der Waals surface area contributed by atoms with E-state index in [1.807, 2.05) is 41.1 Å². The molecule has 0 bridgehead atoms. The number of fused-ring (bicyclic) bond motifs is 2. The highest BCUT2D eigenvalue weighted by Crippen LogP contribution is 2.37. The predicted molar refractivity (Wildman–Crippen MR) is 132 cm³/mol. The van der Waals surface area contributed by atoms with Crippen molar-refractivity contribution >= 4 is 50.6 Å². The Morgan fingerprint density at radius 1 is 1.06 bits per heavy atom. The van der Waals surface area contributed by atoms with Crippen molar-refractivity contribution in [1.29, 1.82) is 0 Å². The monoisotopic (exact) mass is 476 g/mol. The first kappa shape index (κ1) is 20.9. The van der Waals surface area contributed by atoms with Gasteiger partial charge in [0.2, 0.25) is 0 Å². The van der Waals surface area contributed by atoms with E-state index in [0.29, 0.717) is 22.2 Å². The van der Waals surface area contributed by atoms with E-state index in [4.69, 9.17) is 27.2 Å². The Labute approximate surface area is 199 Å². The lowest BCUT2D eigenvalue weighted by Crippen LogP contribution is -2.18. The van der Waals surface area contributed by atoms with Gasteiger partial charge in [-0.2, -0.15) is 5.10 Å². The third-order valence-electron chi connectivity index (χ3n) is 6.21. The van der Waals surface area contributed by atoms with Crippen LogP contribution in [0.5, 0.6) is 0 Å². The van der Waals surface area contributed by atoms with Crippen LogP contribution in [0.2, 0.25) is 5.02 Å². The molecule has 34 heavy (non-hydrogen) atoms. The first-order valence-corrected chi connectivity index (χ1v) is 11.6. The molecular weight excluding hydrogens is 455 g/mol. The summed E-state index contributed by atoms with van der Waals surface area (Å²) in [5.41, 5.74) is 9.03. The third kappa shape index (κ3) is 3.46. The minimum atomic E-state index is -0.460. The number of halogens is 2. The van der Waals surface area contributed by atoms with Gasteiger partial charge in [-0.15, -0.1) is 5.10 Å². The highest BCUT2D eigenvalue weighted by Gasteiger charge is 2.21. The van der Waals surface area contributed by atoms with Crippen LogP contribution in [0.25, 0.3) is 27.5 Å². The molecule has 1 unspecified atom stereocenters. The van der Waals surface area contributed by atoms with E-state index in [1.165, 1.54) is 6.07 Å². The molecule has 6 rings (SSSR count). The number of aromatic nitrogens is 4. The van der Waals surface area contributed by atoms with Crippen molar-refractivity contribution < 1.29 is 9.13 Å². The summed E-state index contributed by atoms with van der Waals surface area (Å²) in [5.74, 6) is 0.167. The second kappa shape index (κ2) is 8.30. The summed E-state index contributed by atoms with van der Waals surface area (Å²) in [5, 5.41) is 15.0. The number of para-hydroxylation sites is 1. The van der Waals surface area contributed by atoms with Gasteiger partial charge in [-0.1, -0.05) is 23.7 Å². The lowest BCUT2D eigenvalue weighted by Gasteiger charge is -2.23. The number of hydrogen-bond donors (Lipinski definition) is 2. The second-order valence-corrected chi connectivity index (χ2v) is 8.76. The number of ether oxygens (including phenoxy) is 1. The van der Waals surface area contributed by atoms with Crippen LogP contribution < -0.4 is 11.1 Å². The predicted octanol–water partition coefficient (Wildman–Crippen LogP) is 6.19. The molecule has 2 aromatic heterocycles. The van der Waals surface area contributed by atoms with E-state index in [2.05, 4.69) is 10.4 Å². The number of hydrogen-bond acceptors (Lipinski definition) is 5. The lowest BCUT2D eigenvalue weighted by atomic mass is 10.2. The van der Waals surface area contributed by atoms with Crippen LogP contribution in [0, 0.1) is 5.82 Å². The molecular formula is C25H22ClFN6O. The Morgan fingerprint density at radius 3 is 2.76 bits per heavy atom. The van der Waals surface area contributed by atoms with Crippen LogP contribution in [0.4, 0.5) is 21.6 Å². The Balaban J connectivity index is 1.40. The number of benzene rings is 3. The fraction of sp³-hybridized carbons (Fsp3) is 0.200. The molecule has 0 saturated carbocycles. The molecule has 1 atom stereocenters. The fourth-order valence-corrected chi connectivity index (χ4v) is 4.73. The Hall–Kier alpha value is -3.62. The second-order valence-electron chi connectivity index (χ2n) is 8.38. The Bertz CT molecular complexity index is 1520. The van der Waals surface area contributed by atoms with Gasteiger partial charge in [-0.3, -0.25) is 0 Å². The van der Waals surface area contributed by atoms with Gasteiger partial charge in [0.25, 0.3) is 0 Å². The first-order chi connectivity index (χ1) is 16.6. The quantitative estimate of drug-likeness (QED) is 0.302. The topological polar surface area (TPSA) is 82.9 Å².